The summed E-state index contributed by atoms with van der Waals surface area (Å²) in [6.45, 7) is 4.23. The minimum absolute atomic E-state index is 0.144. The van der Waals surface area contributed by atoms with Gasteiger partial charge in [-0.05, 0) is 32.0 Å². The molecule has 0 fully saturated rings. The highest BCUT2D eigenvalue weighted by Crippen LogP contribution is 2.08. The molecule has 0 aliphatic rings. The van der Waals surface area contributed by atoms with E-state index in [1.807, 2.05) is 35.1 Å². The van der Waals surface area contributed by atoms with Crippen LogP contribution in [0.5, 0.6) is 0 Å². The molecule has 0 spiro atoms. The molecule has 0 aliphatic carbocycles. The maximum atomic E-state index is 5.62. The van der Waals surface area contributed by atoms with Crippen molar-refractivity contribution >= 4 is 0 Å². The van der Waals surface area contributed by atoms with Crippen LogP contribution in [-0.2, 0) is 12.8 Å². The molecule has 0 bridgehead atoms. The first kappa shape index (κ1) is 13.7. The fourth-order valence-corrected chi connectivity index (χ4v) is 1.99. The Hall–Kier alpha value is -1.72. The standard InChI is InChI=1S/C14H21N5/c1-11(2)19-8-6-13(18-19)10-14(17-15)9-12-5-3-4-7-16-12/h3-8,11,14,17H,9-10,15H2,1-2H3. The van der Waals surface area contributed by atoms with Gasteiger partial charge in [0.1, 0.15) is 0 Å². The van der Waals surface area contributed by atoms with E-state index in [4.69, 9.17) is 5.84 Å². The molecule has 2 aromatic rings. The van der Waals surface area contributed by atoms with Crippen molar-refractivity contribution in [2.45, 2.75) is 38.8 Å². The van der Waals surface area contributed by atoms with Gasteiger partial charge >= 0.3 is 0 Å². The van der Waals surface area contributed by atoms with Gasteiger partial charge < -0.3 is 0 Å². The van der Waals surface area contributed by atoms with Gasteiger partial charge in [0.05, 0.1) is 5.69 Å². The van der Waals surface area contributed by atoms with Gasteiger partial charge in [0.25, 0.3) is 0 Å². The lowest BCUT2D eigenvalue weighted by atomic mass is 10.1. The number of rotatable bonds is 6. The Morgan fingerprint density at radius 1 is 1.21 bits per heavy atom. The number of nitrogens with zero attached hydrogens (tertiary/aromatic N) is 3. The van der Waals surface area contributed by atoms with Crippen molar-refractivity contribution in [2.24, 2.45) is 5.84 Å². The lowest BCUT2D eigenvalue weighted by Crippen LogP contribution is -2.38. The molecular formula is C14H21N5. The van der Waals surface area contributed by atoms with Gasteiger partial charge in [0, 0.05) is 43.0 Å². The SMILES string of the molecule is CC(C)n1ccc(CC(Cc2ccccn2)NN)n1. The number of hydrogen-bond acceptors (Lipinski definition) is 4. The first-order chi connectivity index (χ1) is 9.19. The second kappa shape index (κ2) is 6.45. The Morgan fingerprint density at radius 3 is 2.58 bits per heavy atom. The number of hydrazine groups is 1. The summed E-state index contributed by atoms with van der Waals surface area (Å²) in [5.41, 5.74) is 4.93. The van der Waals surface area contributed by atoms with Crippen molar-refractivity contribution in [3.8, 4) is 0 Å². The summed E-state index contributed by atoms with van der Waals surface area (Å²) < 4.78 is 1.96. The Labute approximate surface area is 113 Å². The number of pyridine rings is 1. The Balaban J connectivity index is 1.98. The molecule has 3 N–H and O–H groups in total. The van der Waals surface area contributed by atoms with E-state index < -0.39 is 0 Å². The molecule has 0 aliphatic heterocycles. The number of nitrogens with two attached hydrogens (primary N) is 1. The Morgan fingerprint density at radius 2 is 2.00 bits per heavy atom. The van der Waals surface area contributed by atoms with Crippen molar-refractivity contribution in [2.75, 3.05) is 0 Å². The number of hydrogen-bond donors (Lipinski definition) is 2. The Kier molecular flexibility index (Phi) is 4.65. The van der Waals surface area contributed by atoms with Gasteiger partial charge in [0.15, 0.2) is 0 Å². The van der Waals surface area contributed by atoms with E-state index in [9.17, 15) is 0 Å². The van der Waals surface area contributed by atoms with Gasteiger partial charge in [-0.25, -0.2) is 0 Å². The summed E-state index contributed by atoms with van der Waals surface area (Å²) >= 11 is 0. The quantitative estimate of drug-likeness (QED) is 0.609. The van der Waals surface area contributed by atoms with E-state index in [0.717, 1.165) is 24.2 Å². The molecular weight excluding hydrogens is 238 g/mol. The fraction of sp³-hybridized carbons (Fsp3) is 0.429. The van der Waals surface area contributed by atoms with Crippen molar-refractivity contribution in [1.29, 1.82) is 0 Å². The van der Waals surface area contributed by atoms with Crippen molar-refractivity contribution in [3.05, 3.63) is 48.0 Å². The van der Waals surface area contributed by atoms with E-state index in [1.165, 1.54) is 0 Å². The average molecular weight is 259 g/mol. The van der Waals surface area contributed by atoms with Gasteiger partial charge in [-0.1, -0.05) is 6.07 Å². The molecule has 2 heterocycles. The maximum absolute atomic E-state index is 5.62. The summed E-state index contributed by atoms with van der Waals surface area (Å²) in [6.07, 6.45) is 5.41. The third-order valence-electron chi connectivity index (χ3n) is 3.07. The van der Waals surface area contributed by atoms with Gasteiger partial charge in [-0.3, -0.25) is 20.9 Å². The predicted octanol–water partition coefficient (Wildman–Crippen LogP) is 1.48. The Bertz CT molecular complexity index is 492. The van der Waals surface area contributed by atoms with Gasteiger partial charge in [0.2, 0.25) is 0 Å². The molecule has 5 heteroatoms. The summed E-state index contributed by atoms with van der Waals surface area (Å²) in [4.78, 5) is 4.32. The first-order valence-electron chi connectivity index (χ1n) is 6.59. The predicted molar refractivity (Wildman–Crippen MR) is 75.4 cm³/mol. The molecule has 0 aromatic carbocycles. The summed E-state index contributed by atoms with van der Waals surface area (Å²) in [5.74, 6) is 5.62. The van der Waals surface area contributed by atoms with Crippen LogP contribution in [0.25, 0.3) is 0 Å². The van der Waals surface area contributed by atoms with Crippen LogP contribution in [0.1, 0.15) is 31.3 Å². The molecule has 19 heavy (non-hydrogen) atoms. The minimum Gasteiger partial charge on any atom is -0.271 e. The highest BCUT2D eigenvalue weighted by Gasteiger charge is 2.12. The monoisotopic (exact) mass is 259 g/mol. The molecule has 5 nitrogen and oxygen atoms in total. The molecule has 0 saturated heterocycles. The van der Waals surface area contributed by atoms with Crippen LogP contribution in [0.3, 0.4) is 0 Å². The molecule has 2 aromatic heterocycles. The molecule has 1 unspecified atom stereocenters. The van der Waals surface area contributed by atoms with Gasteiger partial charge in [-0.2, -0.15) is 5.10 Å². The molecule has 0 amide bonds. The van der Waals surface area contributed by atoms with E-state index >= 15 is 0 Å². The fourth-order valence-electron chi connectivity index (χ4n) is 1.99. The molecule has 1 atom stereocenters. The van der Waals surface area contributed by atoms with E-state index in [0.29, 0.717) is 6.04 Å². The van der Waals surface area contributed by atoms with Crippen LogP contribution < -0.4 is 11.3 Å². The largest absolute Gasteiger partial charge is 0.271 e. The third kappa shape index (κ3) is 3.87. The topological polar surface area (TPSA) is 68.8 Å². The van der Waals surface area contributed by atoms with E-state index in [-0.39, 0.29) is 6.04 Å². The van der Waals surface area contributed by atoms with Crippen LogP contribution in [-0.4, -0.2) is 20.8 Å². The third-order valence-corrected chi connectivity index (χ3v) is 3.07. The van der Waals surface area contributed by atoms with Gasteiger partial charge in [-0.15, -0.1) is 0 Å². The number of aromatic nitrogens is 3. The lowest BCUT2D eigenvalue weighted by molar-refractivity contribution is 0.492. The summed E-state index contributed by atoms with van der Waals surface area (Å²) in [7, 11) is 0. The first-order valence-corrected chi connectivity index (χ1v) is 6.59. The molecule has 102 valence electrons. The summed E-state index contributed by atoms with van der Waals surface area (Å²) in [6, 6.07) is 8.49. The zero-order valence-corrected chi connectivity index (χ0v) is 11.5. The maximum Gasteiger partial charge on any atom is 0.0640 e. The van der Waals surface area contributed by atoms with Crippen molar-refractivity contribution < 1.29 is 0 Å². The molecule has 2 rings (SSSR count). The highest BCUT2D eigenvalue weighted by molar-refractivity contribution is 5.08. The van der Waals surface area contributed by atoms with E-state index in [1.54, 1.807) is 6.20 Å². The zero-order chi connectivity index (χ0) is 13.7. The van der Waals surface area contributed by atoms with Crippen LogP contribution in [0, 0.1) is 0 Å². The van der Waals surface area contributed by atoms with Crippen LogP contribution in [0.4, 0.5) is 0 Å². The van der Waals surface area contributed by atoms with Crippen LogP contribution >= 0.6 is 0 Å². The smallest absolute Gasteiger partial charge is 0.0640 e. The molecule has 0 saturated carbocycles. The second-order valence-electron chi connectivity index (χ2n) is 4.97. The van der Waals surface area contributed by atoms with Crippen molar-refractivity contribution in [3.63, 3.8) is 0 Å². The summed E-state index contributed by atoms with van der Waals surface area (Å²) in [5, 5.41) is 4.54. The molecule has 0 radical (unpaired) electrons. The second-order valence-corrected chi connectivity index (χ2v) is 4.97. The van der Waals surface area contributed by atoms with Crippen LogP contribution in [0.15, 0.2) is 36.7 Å². The zero-order valence-electron chi connectivity index (χ0n) is 11.5. The highest BCUT2D eigenvalue weighted by atomic mass is 15.3. The average Bonchev–Trinajstić information content (AvgIpc) is 2.88. The lowest BCUT2D eigenvalue weighted by Gasteiger charge is -2.14. The van der Waals surface area contributed by atoms with E-state index in [2.05, 4.69) is 29.4 Å². The minimum atomic E-state index is 0.144. The van der Waals surface area contributed by atoms with Crippen molar-refractivity contribution in [1.82, 2.24) is 20.2 Å². The number of nitrogens with one attached hydrogen (secondary N) is 1. The van der Waals surface area contributed by atoms with Crippen LogP contribution in [0.2, 0.25) is 0 Å². The normalized spacial score (nSPS) is 12.8.